The minimum Gasteiger partial charge on any atom is -0.317 e. The van der Waals surface area contributed by atoms with Gasteiger partial charge in [-0.1, -0.05) is 49.2 Å². The van der Waals surface area contributed by atoms with Crippen molar-refractivity contribution in [3.63, 3.8) is 0 Å². The summed E-state index contributed by atoms with van der Waals surface area (Å²) in [4.78, 5) is 91.5. The van der Waals surface area contributed by atoms with Gasteiger partial charge in [0.1, 0.15) is 17.9 Å². The number of aromatic nitrogens is 4. The van der Waals surface area contributed by atoms with Crippen LogP contribution < -0.4 is 25.8 Å². The first-order valence-electron chi connectivity index (χ1n) is 29.9. The van der Waals surface area contributed by atoms with E-state index in [4.69, 9.17) is 5.10 Å². The van der Waals surface area contributed by atoms with Crippen molar-refractivity contribution in [3.8, 4) is 0 Å². The van der Waals surface area contributed by atoms with Crippen molar-refractivity contribution in [1.82, 2.24) is 40.4 Å². The Morgan fingerprint density at radius 2 is 1.01 bits per heavy atom. The molecule has 2 aromatic heterocycles. The number of benzene rings is 4. The van der Waals surface area contributed by atoms with Crippen molar-refractivity contribution in [1.29, 1.82) is 0 Å². The molecule has 8 heterocycles. The largest absolute Gasteiger partial charge is 0.317 e. The van der Waals surface area contributed by atoms with Crippen LogP contribution in [0.5, 0.6) is 0 Å². The second-order valence-corrected chi connectivity index (χ2v) is 25.1. The molecule has 6 aliphatic heterocycles. The molecule has 16 rings (SSSR count). The lowest BCUT2D eigenvalue weighted by molar-refractivity contribution is -0.138. The SMILES string of the molecule is Cl.O=C1CC2(CCC2)C1.O=C1CCC(N2C(=O)c3cccc4c(Cc5cnn(C6CCN(C7CC8(CCC8)C7)CC6)c5)ccc2c34)C(=O)N1.O=C1CCC(N2C(=O)c3cccc4c(Cc5cnn(C6CCNCC6)c5)ccc2c34)C(=O)N1. The molecule has 17 nitrogen and oxygen atoms in total. The molecular formula is C64H71ClN10O7. The Morgan fingerprint density at radius 1 is 0.537 bits per heavy atom. The molecule has 2 unspecified atom stereocenters. The third kappa shape index (κ3) is 9.73. The predicted octanol–water partition coefficient (Wildman–Crippen LogP) is 8.62. The molecule has 82 heavy (non-hydrogen) atoms. The summed E-state index contributed by atoms with van der Waals surface area (Å²) in [6.45, 7) is 4.39. The van der Waals surface area contributed by atoms with E-state index in [1.165, 1.54) is 70.0 Å². The number of anilines is 2. The van der Waals surface area contributed by atoms with Crippen LogP contribution >= 0.6 is 12.4 Å². The normalized spacial score (nSPS) is 23.8. The maximum absolute atomic E-state index is 13.4. The Morgan fingerprint density at radius 3 is 1.44 bits per heavy atom. The number of likely N-dealkylation sites (tertiary alicyclic amines) is 1. The number of rotatable bonds is 9. The molecule has 18 heteroatoms. The Balaban J connectivity index is 0.000000135. The third-order valence-corrected chi connectivity index (χ3v) is 20.2. The highest BCUT2D eigenvalue weighted by Crippen LogP contribution is 2.58. The molecule has 4 saturated carbocycles. The van der Waals surface area contributed by atoms with E-state index in [0.717, 1.165) is 126 Å². The zero-order valence-corrected chi connectivity index (χ0v) is 47.2. The van der Waals surface area contributed by atoms with Gasteiger partial charge in [0.15, 0.2) is 0 Å². The van der Waals surface area contributed by atoms with Crippen molar-refractivity contribution < 1.29 is 33.6 Å². The van der Waals surface area contributed by atoms with E-state index >= 15 is 0 Å². The van der Waals surface area contributed by atoms with Crippen molar-refractivity contribution in [2.24, 2.45) is 10.8 Å². The van der Waals surface area contributed by atoms with Crippen molar-refractivity contribution in [2.45, 2.75) is 159 Å². The van der Waals surface area contributed by atoms with Gasteiger partial charge < -0.3 is 10.2 Å². The second kappa shape index (κ2) is 21.6. The Hall–Kier alpha value is -7.08. The predicted molar refractivity (Wildman–Crippen MR) is 312 cm³/mol. The minimum absolute atomic E-state index is 0. The van der Waals surface area contributed by atoms with E-state index in [2.05, 4.69) is 59.8 Å². The lowest BCUT2D eigenvalue weighted by Crippen LogP contribution is -2.55. The van der Waals surface area contributed by atoms with Gasteiger partial charge in [-0.3, -0.25) is 63.4 Å². The number of carbonyl (C=O) groups excluding carboxylic acids is 7. The number of amides is 6. The Kier molecular flexibility index (Phi) is 14.3. The number of nitrogens with zero attached hydrogens (tertiary/aromatic N) is 7. The lowest BCUT2D eigenvalue weighted by atomic mass is 9.53. The second-order valence-electron chi connectivity index (χ2n) is 25.1. The smallest absolute Gasteiger partial charge is 0.259 e. The number of Topliss-reactive ketones (excluding diaryl/α,β-unsaturated/α-hetero) is 1. The number of imide groups is 2. The van der Waals surface area contributed by atoms with Crippen molar-refractivity contribution >= 4 is 86.6 Å². The first-order valence-corrected chi connectivity index (χ1v) is 29.9. The summed E-state index contributed by atoms with van der Waals surface area (Å²) in [5, 5.41) is 21.4. The summed E-state index contributed by atoms with van der Waals surface area (Å²) in [6.07, 6.45) is 28.4. The van der Waals surface area contributed by atoms with Crippen LogP contribution in [-0.4, -0.2) is 110 Å². The number of ketones is 1. The molecule has 0 radical (unpaired) electrons. The lowest BCUT2D eigenvalue weighted by Gasteiger charge is -2.58. The maximum atomic E-state index is 13.4. The van der Waals surface area contributed by atoms with Crippen LogP contribution in [0, 0.1) is 10.8 Å². The highest BCUT2D eigenvalue weighted by molar-refractivity contribution is 6.28. The monoisotopic (exact) mass is 1130 g/mol. The summed E-state index contributed by atoms with van der Waals surface area (Å²) in [7, 11) is 0. The number of piperidine rings is 4. The fourth-order valence-electron chi connectivity index (χ4n) is 15.4. The van der Waals surface area contributed by atoms with Gasteiger partial charge >= 0.3 is 0 Å². The van der Waals surface area contributed by atoms with Gasteiger partial charge in [0.05, 0.1) is 35.9 Å². The van der Waals surface area contributed by atoms with E-state index in [1.807, 2.05) is 60.9 Å². The van der Waals surface area contributed by atoms with Crippen LogP contribution in [0.3, 0.4) is 0 Å². The van der Waals surface area contributed by atoms with Crippen LogP contribution in [0.1, 0.15) is 171 Å². The number of halogens is 1. The third-order valence-electron chi connectivity index (χ3n) is 20.2. The summed E-state index contributed by atoms with van der Waals surface area (Å²) < 4.78 is 4.26. The van der Waals surface area contributed by atoms with Gasteiger partial charge in [-0.25, -0.2) is 0 Å². The Labute approximate surface area is 482 Å². The molecule has 4 aromatic carbocycles. The molecule has 6 amide bonds. The molecule has 426 valence electrons. The van der Waals surface area contributed by atoms with Gasteiger partial charge in [-0.05, 0) is 158 Å². The van der Waals surface area contributed by atoms with Gasteiger partial charge in [0, 0.05) is 91.9 Å². The molecule has 2 atom stereocenters. The zero-order chi connectivity index (χ0) is 55.1. The first-order chi connectivity index (χ1) is 39.4. The van der Waals surface area contributed by atoms with E-state index in [1.54, 1.807) is 9.80 Å². The van der Waals surface area contributed by atoms with Crippen LogP contribution in [0.2, 0.25) is 0 Å². The van der Waals surface area contributed by atoms with E-state index in [9.17, 15) is 33.6 Å². The molecule has 0 bridgehead atoms. The highest BCUT2D eigenvalue weighted by Gasteiger charge is 2.51. The molecule has 4 saturated heterocycles. The van der Waals surface area contributed by atoms with E-state index in [0.29, 0.717) is 47.3 Å². The van der Waals surface area contributed by atoms with Gasteiger partial charge in [-0.15, -0.1) is 12.4 Å². The molecule has 10 aliphatic rings. The number of hydrogen-bond donors (Lipinski definition) is 3. The number of hydrogen-bond acceptors (Lipinski definition) is 11. The summed E-state index contributed by atoms with van der Waals surface area (Å²) in [5.74, 6) is -1.23. The van der Waals surface area contributed by atoms with Crippen molar-refractivity contribution in [3.05, 3.63) is 119 Å². The highest BCUT2D eigenvalue weighted by atomic mass is 35.5. The fraction of sp³-hybridized carbons (Fsp3) is 0.484. The molecule has 6 aromatic rings. The van der Waals surface area contributed by atoms with Crippen LogP contribution in [-0.2, 0) is 36.8 Å². The fourth-order valence-corrected chi connectivity index (χ4v) is 15.4. The van der Waals surface area contributed by atoms with Crippen molar-refractivity contribution in [2.75, 3.05) is 36.0 Å². The summed E-state index contributed by atoms with van der Waals surface area (Å²) >= 11 is 0. The summed E-state index contributed by atoms with van der Waals surface area (Å²) in [6, 6.07) is 20.0. The topological polar surface area (TPSA) is 201 Å². The zero-order valence-electron chi connectivity index (χ0n) is 46.3. The van der Waals surface area contributed by atoms with Crippen LogP contribution in [0.4, 0.5) is 11.4 Å². The van der Waals surface area contributed by atoms with Crippen LogP contribution in [0.25, 0.3) is 21.5 Å². The molecular weight excluding hydrogens is 1060 g/mol. The van der Waals surface area contributed by atoms with Gasteiger partial charge in [0.25, 0.3) is 11.8 Å². The van der Waals surface area contributed by atoms with E-state index in [-0.39, 0.29) is 48.9 Å². The summed E-state index contributed by atoms with van der Waals surface area (Å²) in [5.41, 5.74) is 8.60. The maximum Gasteiger partial charge on any atom is 0.259 e. The minimum atomic E-state index is -0.667. The molecule has 4 aliphatic carbocycles. The average molecular weight is 1130 g/mol. The standard InChI is InChI=1S/C32H35N5O3.C25H25N5O3.C7H10O.ClH/c38-28-8-7-27(30(39)34-28)37-26-6-5-21(24-3-1-4-25(29(24)26)31(37)40)15-20-18-33-36(19-20)22-9-13-35(14-10-22)23-16-32(17-23)11-2-12-32;31-22-7-6-21(24(32)28-22)30-20-5-4-16(18-2-1-3-19(23(18)20)25(30)33)12-15-13-27-29(14-15)17-8-10-26-11-9-17;8-6-4-7(5-6)2-1-3-7;/h1,3-6,18-19,22-23,27H,2,7-17H2,(H,34,38,39);1-5,13-14,17,21,26H,6-12H2,(H,28,31,32);1-5H2;1H. The van der Waals surface area contributed by atoms with Crippen LogP contribution in [0.15, 0.2) is 85.5 Å². The quantitative estimate of drug-likeness (QED) is 0.117. The first kappa shape index (κ1) is 54.2. The number of nitrogens with one attached hydrogen (secondary N) is 3. The average Bonchev–Trinajstić information content (AvgIpc) is 2.53. The number of carbonyl (C=O) groups is 7. The molecule has 3 N–H and O–H groups in total. The Bertz CT molecular complexity index is 3570. The van der Waals surface area contributed by atoms with E-state index < -0.39 is 23.9 Å². The van der Waals surface area contributed by atoms with Gasteiger partial charge in [0.2, 0.25) is 23.6 Å². The molecule has 2 spiro atoms. The van der Waals surface area contributed by atoms with Gasteiger partial charge in [-0.2, -0.15) is 10.2 Å². The molecule has 8 fully saturated rings.